The van der Waals surface area contributed by atoms with Gasteiger partial charge >= 0.3 is 11.7 Å². The van der Waals surface area contributed by atoms with Gasteiger partial charge in [-0.3, -0.25) is 33.3 Å². The smallest absolute Gasteiger partial charge is 0.331 e. The molecule has 1 unspecified atom stereocenters. The summed E-state index contributed by atoms with van der Waals surface area (Å²) in [6.45, 7) is 2.81. The lowest BCUT2D eigenvalue weighted by atomic mass is 9.85. The number of fused-ring (bicyclic) bond motifs is 3. The molecule has 2 aliphatic heterocycles. The van der Waals surface area contributed by atoms with Gasteiger partial charge in [-0.2, -0.15) is 5.10 Å². The van der Waals surface area contributed by atoms with Crippen LogP contribution >= 0.6 is 0 Å². The molecule has 15 nitrogen and oxygen atoms in total. The highest BCUT2D eigenvalue weighted by atomic mass is 16.5. The van der Waals surface area contributed by atoms with Crippen LogP contribution in [0.4, 0.5) is 16.2 Å². The van der Waals surface area contributed by atoms with Gasteiger partial charge in [0, 0.05) is 74.6 Å². The fourth-order valence-electron chi connectivity index (χ4n) is 9.43. The fourth-order valence-corrected chi connectivity index (χ4v) is 9.43. The molecule has 0 bridgehead atoms. The molecule has 9 rings (SSSR count). The molecule has 296 valence electrons. The average molecular weight is 773 g/mol. The molecular weight excluding hydrogens is 725 g/mol. The van der Waals surface area contributed by atoms with Crippen molar-refractivity contribution >= 4 is 62.2 Å². The summed E-state index contributed by atoms with van der Waals surface area (Å²) < 4.78 is 12.5. The molecule has 0 spiro atoms. The molecule has 2 N–H and O–H groups in total. The van der Waals surface area contributed by atoms with E-state index < -0.39 is 11.9 Å². The quantitative estimate of drug-likeness (QED) is 0.193. The Morgan fingerprint density at radius 1 is 0.982 bits per heavy atom. The first-order valence-corrected chi connectivity index (χ1v) is 20.0. The van der Waals surface area contributed by atoms with Gasteiger partial charge in [0.15, 0.2) is 0 Å². The third kappa shape index (κ3) is 6.73. The van der Waals surface area contributed by atoms with Crippen molar-refractivity contribution < 1.29 is 19.1 Å². The molecule has 2 aromatic carbocycles. The number of amides is 3. The molecule has 6 heterocycles. The van der Waals surface area contributed by atoms with Crippen molar-refractivity contribution in [2.75, 3.05) is 44.0 Å². The van der Waals surface area contributed by atoms with E-state index in [-0.39, 0.29) is 24.0 Å². The van der Waals surface area contributed by atoms with Crippen LogP contribution < -0.4 is 26.0 Å². The summed E-state index contributed by atoms with van der Waals surface area (Å²) in [6, 6.07) is 15.2. The predicted molar refractivity (Wildman–Crippen MR) is 218 cm³/mol. The minimum absolute atomic E-state index is 0.218. The van der Waals surface area contributed by atoms with Gasteiger partial charge in [0.1, 0.15) is 17.4 Å². The van der Waals surface area contributed by atoms with Crippen LogP contribution in [0, 0.1) is 5.92 Å². The first-order valence-electron chi connectivity index (χ1n) is 20.0. The van der Waals surface area contributed by atoms with Crippen LogP contribution in [0.1, 0.15) is 63.5 Å². The Kier molecular flexibility index (Phi) is 9.55. The average Bonchev–Trinajstić information content (AvgIpc) is 3.92. The summed E-state index contributed by atoms with van der Waals surface area (Å²) in [7, 11) is 5.62. The molecular formula is C42H48N10O5. The number of aromatic nitrogens is 6. The highest BCUT2D eigenvalue weighted by Gasteiger charge is 2.33. The number of nitrogens with one attached hydrogen (secondary N) is 2. The van der Waals surface area contributed by atoms with Crippen molar-refractivity contribution in [3.05, 3.63) is 77.6 Å². The molecule has 3 fully saturated rings. The fraction of sp³-hybridized carbons (Fsp3) is 0.429. The van der Waals surface area contributed by atoms with E-state index in [0.717, 1.165) is 91.2 Å². The number of hydrogen-bond donors (Lipinski definition) is 2. The number of carbonyl (C=O) groups is 3. The SMILES string of the molecule is COc1cc2nn(C3CCC(CN(C)C4CCN(c5cccc6c5n(C)c(=O)n6C5CCC(=O)NC5=O)CC4)CC3)cc2cc1NC(=O)n1ccc2cccnc21. The monoisotopic (exact) mass is 772 g/mol. The van der Waals surface area contributed by atoms with Crippen molar-refractivity contribution in [1.29, 1.82) is 0 Å². The Labute approximate surface area is 329 Å². The van der Waals surface area contributed by atoms with Gasteiger partial charge in [-0.1, -0.05) is 6.07 Å². The number of pyridine rings is 1. The molecule has 0 radical (unpaired) electrons. The second-order valence-corrected chi connectivity index (χ2v) is 15.9. The number of imidazole rings is 1. The summed E-state index contributed by atoms with van der Waals surface area (Å²) in [4.78, 5) is 60.5. The number of benzene rings is 2. The first kappa shape index (κ1) is 36.7. The van der Waals surface area contributed by atoms with Crippen molar-refractivity contribution in [2.24, 2.45) is 13.0 Å². The van der Waals surface area contributed by atoms with E-state index in [0.29, 0.717) is 41.5 Å². The lowest BCUT2D eigenvalue weighted by molar-refractivity contribution is -0.135. The third-order valence-electron chi connectivity index (χ3n) is 12.5. The second kappa shape index (κ2) is 14.8. The first-order chi connectivity index (χ1) is 27.7. The van der Waals surface area contributed by atoms with Gasteiger partial charge in [0.2, 0.25) is 11.8 Å². The molecule has 1 aliphatic carbocycles. The molecule has 3 aliphatic rings. The summed E-state index contributed by atoms with van der Waals surface area (Å²) in [5, 5.41) is 12.2. The van der Waals surface area contributed by atoms with Gasteiger partial charge in [0.05, 0.1) is 41.1 Å². The van der Waals surface area contributed by atoms with E-state index in [2.05, 4.69) is 49.4 Å². The van der Waals surface area contributed by atoms with Crippen LogP contribution in [0.3, 0.4) is 0 Å². The molecule has 6 aromatic rings. The highest BCUT2D eigenvalue weighted by Crippen LogP contribution is 2.37. The molecule has 57 heavy (non-hydrogen) atoms. The Balaban J connectivity index is 0.806. The summed E-state index contributed by atoms with van der Waals surface area (Å²) in [6.07, 6.45) is 12.4. The number of anilines is 2. The van der Waals surface area contributed by atoms with Crippen LogP contribution in [0.5, 0.6) is 5.75 Å². The number of para-hydroxylation sites is 1. The van der Waals surface area contributed by atoms with Gasteiger partial charge < -0.3 is 19.9 Å². The van der Waals surface area contributed by atoms with Crippen LogP contribution in [0.25, 0.3) is 33.0 Å². The van der Waals surface area contributed by atoms with Crippen molar-refractivity contribution in [3.8, 4) is 5.75 Å². The Bertz CT molecular complexity index is 2570. The van der Waals surface area contributed by atoms with E-state index in [4.69, 9.17) is 9.84 Å². The summed E-state index contributed by atoms with van der Waals surface area (Å²) >= 11 is 0. The number of nitrogens with zero attached hydrogens (tertiary/aromatic N) is 8. The third-order valence-corrected chi connectivity index (χ3v) is 12.5. The minimum atomic E-state index is -0.698. The zero-order valence-electron chi connectivity index (χ0n) is 32.6. The number of piperidine rings is 2. The van der Waals surface area contributed by atoms with Crippen LogP contribution in [-0.4, -0.2) is 91.0 Å². The van der Waals surface area contributed by atoms with Gasteiger partial charge in [-0.05, 0) is 94.3 Å². The number of aryl methyl sites for hydroxylation is 1. The van der Waals surface area contributed by atoms with Gasteiger partial charge in [-0.25, -0.2) is 14.6 Å². The second-order valence-electron chi connectivity index (χ2n) is 15.9. The van der Waals surface area contributed by atoms with E-state index in [1.165, 1.54) is 4.57 Å². The van der Waals surface area contributed by atoms with Crippen molar-refractivity contribution in [1.82, 2.24) is 38.7 Å². The summed E-state index contributed by atoms with van der Waals surface area (Å²) in [5.41, 5.74) is 4.32. The number of carbonyl (C=O) groups excluding carboxylic acids is 3. The topological polar surface area (TPSA) is 154 Å². The molecule has 15 heteroatoms. The lowest BCUT2D eigenvalue weighted by Gasteiger charge is -2.40. The maximum Gasteiger partial charge on any atom is 0.331 e. The number of methoxy groups -OCH3 is 1. The zero-order valence-corrected chi connectivity index (χ0v) is 32.6. The van der Waals surface area contributed by atoms with Crippen LogP contribution in [0.15, 0.2) is 71.9 Å². The van der Waals surface area contributed by atoms with Crippen LogP contribution in [0.2, 0.25) is 0 Å². The van der Waals surface area contributed by atoms with E-state index in [1.807, 2.05) is 42.5 Å². The van der Waals surface area contributed by atoms with Gasteiger partial charge in [0.25, 0.3) is 0 Å². The predicted octanol–water partition coefficient (Wildman–Crippen LogP) is 5.44. The van der Waals surface area contributed by atoms with Crippen LogP contribution in [-0.2, 0) is 16.6 Å². The largest absolute Gasteiger partial charge is 0.494 e. The number of hydrogen-bond acceptors (Lipinski definition) is 9. The standard InChI is InChI=1S/C42H48N10O5/c1-47(29-16-19-49(20-17-29)33-7-4-8-34-38(33)48(2)42(56)52(34)35-13-14-37(53)45-40(35)54)24-26-9-11-30(12-10-26)51-25-28-22-32(36(57-3)23-31(28)46-51)44-41(55)50-21-15-27-6-5-18-43-39(27)50/h4-8,15,18,21-23,25-26,29-30,35H,9-14,16-17,19-20,24H2,1-3H3,(H,44,55)(H,45,53,54). The van der Waals surface area contributed by atoms with E-state index in [9.17, 15) is 19.2 Å². The number of imide groups is 1. The minimum Gasteiger partial charge on any atom is -0.494 e. The normalized spacial score (nSPS) is 20.8. The molecule has 1 saturated carbocycles. The molecule has 3 amide bonds. The molecule has 4 aromatic heterocycles. The molecule has 1 atom stereocenters. The highest BCUT2D eigenvalue weighted by molar-refractivity contribution is 6.01. The van der Waals surface area contributed by atoms with Crippen molar-refractivity contribution in [2.45, 2.75) is 69.5 Å². The van der Waals surface area contributed by atoms with Crippen molar-refractivity contribution in [3.63, 3.8) is 0 Å². The Morgan fingerprint density at radius 3 is 2.56 bits per heavy atom. The maximum atomic E-state index is 13.5. The number of rotatable bonds is 8. The summed E-state index contributed by atoms with van der Waals surface area (Å²) in [5.74, 6) is 0.454. The molecule has 2 saturated heterocycles. The van der Waals surface area contributed by atoms with Gasteiger partial charge in [-0.15, -0.1) is 0 Å². The van der Waals surface area contributed by atoms with E-state index >= 15 is 0 Å². The lowest BCUT2D eigenvalue weighted by Crippen LogP contribution is -2.45. The Hall–Kier alpha value is -5.96. The van der Waals surface area contributed by atoms with E-state index in [1.54, 1.807) is 35.7 Å². The Morgan fingerprint density at radius 2 is 1.79 bits per heavy atom. The number of ether oxygens (including phenoxy) is 1. The zero-order chi connectivity index (χ0) is 39.4. The maximum absolute atomic E-state index is 13.5.